The Morgan fingerprint density at radius 2 is 1.67 bits per heavy atom. The molecule has 2 aromatic rings. The number of hydrazone groups is 1. The van der Waals surface area contributed by atoms with Crippen molar-refractivity contribution in [1.82, 2.24) is 9.73 Å². The molecule has 178 valence electrons. The van der Waals surface area contributed by atoms with Gasteiger partial charge in [0.05, 0.1) is 39.0 Å². The van der Waals surface area contributed by atoms with Crippen LogP contribution in [0.15, 0.2) is 59.1 Å². The van der Waals surface area contributed by atoms with Crippen molar-refractivity contribution in [2.24, 2.45) is 5.10 Å². The van der Waals surface area contributed by atoms with Crippen LogP contribution in [-0.4, -0.2) is 66.4 Å². The Bertz CT molecular complexity index is 1120. The number of nitrogens with one attached hydrogen (secondary N) is 1. The van der Waals surface area contributed by atoms with Crippen LogP contribution in [0.3, 0.4) is 0 Å². The number of amides is 1. The third-order valence-electron chi connectivity index (χ3n) is 4.38. The van der Waals surface area contributed by atoms with Crippen LogP contribution >= 0.6 is 0 Å². The minimum absolute atomic E-state index is 0.0372. The summed E-state index contributed by atoms with van der Waals surface area (Å²) in [4.78, 5) is 12.2. The van der Waals surface area contributed by atoms with Crippen molar-refractivity contribution in [2.45, 2.75) is 4.90 Å². The smallest absolute Gasteiger partial charge is 0.255 e. The first-order chi connectivity index (χ1) is 15.8. The van der Waals surface area contributed by atoms with Crippen LogP contribution in [0.5, 0.6) is 23.0 Å². The molecule has 0 saturated heterocycles. The number of rotatable bonds is 12. The minimum Gasteiger partial charge on any atom is -0.493 e. The van der Waals surface area contributed by atoms with E-state index in [1.54, 1.807) is 24.3 Å². The maximum Gasteiger partial charge on any atom is 0.255 e. The Balaban J connectivity index is 2.02. The van der Waals surface area contributed by atoms with Gasteiger partial charge in [0.1, 0.15) is 6.61 Å². The third kappa shape index (κ3) is 6.70. The number of hydrogen-bond donors (Lipinski definition) is 1. The zero-order chi connectivity index (χ0) is 24.4. The van der Waals surface area contributed by atoms with Crippen molar-refractivity contribution in [3.8, 4) is 23.0 Å². The first-order valence-corrected chi connectivity index (χ1v) is 11.1. The summed E-state index contributed by atoms with van der Waals surface area (Å²) in [7, 11) is 1.71. The van der Waals surface area contributed by atoms with Gasteiger partial charge in [-0.15, -0.1) is 0 Å². The molecule has 2 aromatic carbocycles. The second-order valence-corrected chi connectivity index (χ2v) is 8.63. The fourth-order valence-corrected chi connectivity index (χ4v) is 3.83. The topological polar surface area (TPSA) is 116 Å². The van der Waals surface area contributed by atoms with Gasteiger partial charge in [0, 0.05) is 13.1 Å². The number of methoxy groups -OCH3 is 3. The molecule has 0 heterocycles. The highest BCUT2D eigenvalue weighted by Gasteiger charge is 2.24. The molecule has 33 heavy (non-hydrogen) atoms. The number of likely N-dealkylation sites (N-methyl/N-ethyl adjacent to an activating group) is 1. The standard InChI is InChI=1S/C22H27N3O7S/c1-6-11-32-19-9-7-16(12-20(19)30-4)14-23-24-22(26)15-25(2)33(27,28)17-8-10-18(29-3)21(13-17)31-5/h6-10,12-14H,1,11,15H2,2-5H3,(H,24,26)/b23-14-. The van der Waals surface area contributed by atoms with Crippen LogP contribution in [0.1, 0.15) is 5.56 Å². The molecule has 0 bridgehead atoms. The summed E-state index contributed by atoms with van der Waals surface area (Å²) in [5, 5.41) is 3.87. The van der Waals surface area contributed by atoms with E-state index in [4.69, 9.17) is 18.9 Å². The summed E-state index contributed by atoms with van der Waals surface area (Å²) in [6.45, 7) is 3.49. The molecular formula is C22H27N3O7S. The first-order valence-electron chi connectivity index (χ1n) is 9.68. The summed E-state index contributed by atoms with van der Waals surface area (Å²) in [5.74, 6) is 1.07. The average Bonchev–Trinajstić information content (AvgIpc) is 2.82. The van der Waals surface area contributed by atoms with E-state index in [2.05, 4.69) is 17.1 Å². The SMILES string of the molecule is C=CCOc1ccc(/C=N\NC(=O)CN(C)S(=O)(=O)c2ccc(OC)c(OC)c2)cc1OC. The number of nitrogens with zero attached hydrogens (tertiary/aromatic N) is 2. The van der Waals surface area contributed by atoms with E-state index in [1.807, 2.05) is 0 Å². The maximum atomic E-state index is 12.8. The van der Waals surface area contributed by atoms with Crippen LogP contribution in [-0.2, 0) is 14.8 Å². The van der Waals surface area contributed by atoms with Crippen molar-refractivity contribution >= 4 is 22.1 Å². The van der Waals surface area contributed by atoms with E-state index in [0.717, 1.165) is 4.31 Å². The lowest BCUT2D eigenvalue weighted by atomic mass is 10.2. The van der Waals surface area contributed by atoms with Gasteiger partial charge in [-0.2, -0.15) is 9.41 Å². The Labute approximate surface area is 193 Å². The van der Waals surface area contributed by atoms with Gasteiger partial charge >= 0.3 is 0 Å². The quantitative estimate of drug-likeness (QED) is 0.283. The predicted molar refractivity (Wildman–Crippen MR) is 124 cm³/mol. The molecule has 1 N–H and O–H groups in total. The Morgan fingerprint density at radius 3 is 2.30 bits per heavy atom. The first kappa shape index (κ1) is 25.7. The van der Waals surface area contributed by atoms with Crippen molar-refractivity contribution in [1.29, 1.82) is 0 Å². The van der Waals surface area contributed by atoms with Gasteiger partial charge in [0.2, 0.25) is 10.0 Å². The minimum atomic E-state index is -3.94. The Hall–Kier alpha value is -3.57. The highest BCUT2D eigenvalue weighted by Crippen LogP contribution is 2.30. The molecule has 0 unspecified atom stereocenters. The Morgan fingerprint density at radius 1 is 1.03 bits per heavy atom. The normalized spacial score (nSPS) is 11.3. The summed E-state index contributed by atoms with van der Waals surface area (Å²) >= 11 is 0. The Kier molecular flexibility index (Phi) is 9.25. The van der Waals surface area contributed by atoms with Crippen molar-refractivity contribution in [2.75, 3.05) is 41.5 Å². The molecule has 0 aliphatic heterocycles. The molecule has 1 amide bonds. The second-order valence-electron chi connectivity index (χ2n) is 6.58. The van der Waals surface area contributed by atoms with E-state index in [0.29, 0.717) is 29.4 Å². The number of sulfonamides is 1. The van der Waals surface area contributed by atoms with Crippen molar-refractivity contribution in [3.05, 3.63) is 54.6 Å². The van der Waals surface area contributed by atoms with Gasteiger partial charge in [0.15, 0.2) is 23.0 Å². The van der Waals surface area contributed by atoms with E-state index in [1.165, 1.54) is 52.8 Å². The number of benzene rings is 2. The second kappa shape index (κ2) is 11.9. The summed E-state index contributed by atoms with van der Waals surface area (Å²) in [6.07, 6.45) is 3.02. The number of carbonyl (C=O) groups is 1. The highest BCUT2D eigenvalue weighted by molar-refractivity contribution is 7.89. The van der Waals surface area contributed by atoms with E-state index in [-0.39, 0.29) is 10.6 Å². The largest absolute Gasteiger partial charge is 0.493 e. The van der Waals surface area contributed by atoms with Crippen LogP contribution in [0.2, 0.25) is 0 Å². The molecule has 0 radical (unpaired) electrons. The van der Waals surface area contributed by atoms with Crippen LogP contribution in [0.25, 0.3) is 0 Å². The molecule has 10 nitrogen and oxygen atoms in total. The zero-order valence-corrected chi connectivity index (χ0v) is 19.7. The summed E-state index contributed by atoms with van der Waals surface area (Å²) < 4.78 is 47.5. The highest BCUT2D eigenvalue weighted by atomic mass is 32.2. The van der Waals surface area contributed by atoms with Gasteiger partial charge in [-0.1, -0.05) is 12.7 Å². The molecule has 0 saturated carbocycles. The number of ether oxygens (including phenoxy) is 4. The molecule has 11 heteroatoms. The predicted octanol–water partition coefficient (Wildman–Crippen LogP) is 2.05. The molecule has 0 aliphatic carbocycles. The zero-order valence-electron chi connectivity index (χ0n) is 18.9. The van der Waals surface area contributed by atoms with Gasteiger partial charge in [-0.05, 0) is 35.9 Å². The summed E-state index contributed by atoms with van der Waals surface area (Å²) in [5.41, 5.74) is 2.95. The van der Waals surface area contributed by atoms with E-state index in [9.17, 15) is 13.2 Å². The lowest BCUT2D eigenvalue weighted by molar-refractivity contribution is -0.121. The van der Waals surface area contributed by atoms with Gasteiger partial charge < -0.3 is 18.9 Å². The average molecular weight is 478 g/mol. The lowest BCUT2D eigenvalue weighted by Crippen LogP contribution is -2.36. The van der Waals surface area contributed by atoms with Gasteiger partial charge in [-0.3, -0.25) is 4.79 Å². The summed E-state index contributed by atoms with van der Waals surface area (Å²) in [6, 6.07) is 9.29. The van der Waals surface area contributed by atoms with Crippen LogP contribution in [0.4, 0.5) is 0 Å². The third-order valence-corrected chi connectivity index (χ3v) is 6.18. The molecule has 0 aromatic heterocycles. The molecule has 0 aliphatic rings. The fourth-order valence-electron chi connectivity index (χ4n) is 2.69. The van der Waals surface area contributed by atoms with Crippen molar-refractivity contribution in [3.63, 3.8) is 0 Å². The maximum absolute atomic E-state index is 12.8. The van der Waals surface area contributed by atoms with Gasteiger partial charge in [-0.25, -0.2) is 13.8 Å². The number of hydrogen-bond acceptors (Lipinski definition) is 8. The molecule has 0 fully saturated rings. The van der Waals surface area contributed by atoms with Gasteiger partial charge in [0.25, 0.3) is 5.91 Å². The van der Waals surface area contributed by atoms with Crippen LogP contribution < -0.4 is 24.4 Å². The molecule has 0 atom stereocenters. The molecule has 0 spiro atoms. The van der Waals surface area contributed by atoms with Crippen molar-refractivity contribution < 1.29 is 32.2 Å². The monoisotopic (exact) mass is 477 g/mol. The molecule has 2 rings (SSSR count). The fraction of sp³-hybridized carbons (Fsp3) is 0.273. The number of carbonyl (C=O) groups excluding carboxylic acids is 1. The van der Waals surface area contributed by atoms with Crippen LogP contribution in [0, 0.1) is 0 Å². The molecular weight excluding hydrogens is 450 g/mol. The lowest BCUT2D eigenvalue weighted by Gasteiger charge is -2.17. The van der Waals surface area contributed by atoms with E-state index >= 15 is 0 Å². The van der Waals surface area contributed by atoms with E-state index < -0.39 is 22.5 Å².